The lowest BCUT2D eigenvalue weighted by molar-refractivity contribution is 0.114. The second kappa shape index (κ2) is 11.9. The number of rotatable bonds is 7. The molecule has 2 fully saturated rings. The maximum absolute atomic E-state index is 5.60. The minimum atomic E-state index is 0. The molecule has 0 saturated carbocycles. The minimum Gasteiger partial charge on any atom is -0.381 e. The second-order valence-electron chi connectivity index (χ2n) is 7.44. The van der Waals surface area contributed by atoms with Gasteiger partial charge in [-0.15, -0.1) is 24.0 Å². The molecule has 0 spiro atoms. The Morgan fingerprint density at radius 2 is 2.04 bits per heavy atom. The van der Waals surface area contributed by atoms with E-state index >= 15 is 0 Å². The van der Waals surface area contributed by atoms with Gasteiger partial charge in [-0.3, -0.25) is 9.89 Å². The van der Waals surface area contributed by atoms with E-state index in [2.05, 4.69) is 57.4 Å². The summed E-state index contributed by atoms with van der Waals surface area (Å²) in [6.07, 6.45) is 3.76. The van der Waals surface area contributed by atoms with Crippen LogP contribution in [0.3, 0.4) is 0 Å². The molecule has 152 valence electrons. The van der Waals surface area contributed by atoms with Gasteiger partial charge in [0, 0.05) is 51.8 Å². The molecule has 2 saturated heterocycles. The first-order chi connectivity index (χ1) is 12.8. The van der Waals surface area contributed by atoms with Crippen LogP contribution in [0.4, 0.5) is 0 Å². The molecule has 0 amide bonds. The van der Waals surface area contributed by atoms with E-state index in [4.69, 9.17) is 4.74 Å². The van der Waals surface area contributed by atoms with Crippen molar-refractivity contribution in [3.05, 3.63) is 35.9 Å². The standard InChI is InChI=1S/C21H34N4O.HI/c1-3-26-17-19-11-13-25(16-19)21(22-2)23-14-20-10-7-12-24(20)15-18-8-5-4-6-9-18;/h4-6,8-9,19-20H,3,7,10-17H2,1-2H3,(H,22,23);1H. The van der Waals surface area contributed by atoms with E-state index in [0.29, 0.717) is 12.0 Å². The van der Waals surface area contributed by atoms with Crippen LogP contribution in [0.15, 0.2) is 35.3 Å². The van der Waals surface area contributed by atoms with Crippen LogP contribution < -0.4 is 5.32 Å². The summed E-state index contributed by atoms with van der Waals surface area (Å²) in [6.45, 7) is 9.10. The lowest BCUT2D eigenvalue weighted by atomic mass is 10.1. The summed E-state index contributed by atoms with van der Waals surface area (Å²) in [5.41, 5.74) is 1.40. The Morgan fingerprint density at radius 3 is 2.78 bits per heavy atom. The predicted molar refractivity (Wildman–Crippen MR) is 123 cm³/mol. The average Bonchev–Trinajstić information content (AvgIpc) is 3.31. The molecule has 5 nitrogen and oxygen atoms in total. The smallest absolute Gasteiger partial charge is 0.193 e. The van der Waals surface area contributed by atoms with Gasteiger partial charge in [0.15, 0.2) is 5.96 Å². The van der Waals surface area contributed by atoms with Crippen molar-refractivity contribution in [2.24, 2.45) is 10.9 Å². The molecular weight excluding hydrogens is 451 g/mol. The maximum Gasteiger partial charge on any atom is 0.193 e. The highest BCUT2D eigenvalue weighted by molar-refractivity contribution is 14.0. The van der Waals surface area contributed by atoms with Crippen molar-refractivity contribution in [2.75, 3.05) is 46.4 Å². The fraction of sp³-hybridized carbons (Fsp3) is 0.667. The van der Waals surface area contributed by atoms with Crippen molar-refractivity contribution in [2.45, 2.75) is 38.8 Å². The summed E-state index contributed by atoms with van der Waals surface area (Å²) in [5, 5.41) is 3.64. The summed E-state index contributed by atoms with van der Waals surface area (Å²) in [5.74, 6) is 1.69. The number of nitrogens with one attached hydrogen (secondary N) is 1. The Bertz CT molecular complexity index is 569. The van der Waals surface area contributed by atoms with Crippen molar-refractivity contribution in [3.63, 3.8) is 0 Å². The minimum absolute atomic E-state index is 0. The van der Waals surface area contributed by atoms with Crippen molar-refractivity contribution in [1.29, 1.82) is 0 Å². The van der Waals surface area contributed by atoms with E-state index in [1.165, 1.54) is 31.4 Å². The molecule has 27 heavy (non-hydrogen) atoms. The van der Waals surface area contributed by atoms with Gasteiger partial charge in [0.2, 0.25) is 0 Å². The highest BCUT2D eigenvalue weighted by Gasteiger charge is 2.27. The molecule has 2 aliphatic rings. The molecule has 2 unspecified atom stereocenters. The van der Waals surface area contributed by atoms with Crippen LogP contribution in [0.5, 0.6) is 0 Å². The SMILES string of the molecule is CCOCC1CCN(C(=NC)NCC2CCCN2Cc2ccccc2)C1.I. The van der Waals surface area contributed by atoms with Crippen molar-refractivity contribution in [3.8, 4) is 0 Å². The zero-order chi connectivity index (χ0) is 18.2. The van der Waals surface area contributed by atoms with E-state index in [0.717, 1.165) is 45.4 Å². The number of likely N-dealkylation sites (tertiary alicyclic amines) is 2. The van der Waals surface area contributed by atoms with Gasteiger partial charge in [0.25, 0.3) is 0 Å². The predicted octanol–water partition coefficient (Wildman–Crippen LogP) is 3.20. The third kappa shape index (κ3) is 6.61. The molecule has 0 aliphatic carbocycles. The number of benzene rings is 1. The Labute approximate surface area is 181 Å². The average molecular weight is 486 g/mol. The second-order valence-corrected chi connectivity index (χ2v) is 7.44. The molecule has 0 radical (unpaired) electrons. The fourth-order valence-corrected chi connectivity index (χ4v) is 4.14. The van der Waals surface area contributed by atoms with Gasteiger partial charge in [-0.2, -0.15) is 0 Å². The van der Waals surface area contributed by atoms with E-state index in [9.17, 15) is 0 Å². The molecule has 1 aromatic rings. The normalized spacial score (nSPS) is 23.5. The fourth-order valence-electron chi connectivity index (χ4n) is 4.14. The largest absolute Gasteiger partial charge is 0.381 e. The Balaban J connectivity index is 0.00000261. The number of nitrogens with zero attached hydrogens (tertiary/aromatic N) is 3. The van der Waals surface area contributed by atoms with Gasteiger partial charge in [0.05, 0.1) is 6.61 Å². The zero-order valence-corrected chi connectivity index (χ0v) is 19.1. The molecule has 1 N–H and O–H groups in total. The zero-order valence-electron chi connectivity index (χ0n) is 16.8. The van der Waals surface area contributed by atoms with Crippen LogP contribution >= 0.6 is 24.0 Å². The maximum atomic E-state index is 5.60. The lowest BCUT2D eigenvalue weighted by Gasteiger charge is -2.28. The summed E-state index contributed by atoms with van der Waals surface area (Å²) in [6, 6.07) is 11.4. The number of hydrogen-bond acceptors (Lipinski definition) is 3. The first-order valence-electron chi connectivity index (χ1n) is 10.1. The molecule has 0 aromatic heterocycles. The van der Waals surface area contributed by atoms with Gasteiger partial charge >= 0.3 is 0 Å². The quantitative estimate of drug-likeness (QED) is 0.365. The van der Waals surface area contributed by atoms with Gasteiger partial charge in [-0.05, 0) is 38.3 Å². The highest BCUT2D eigenvalue weighted by atomic mass is 127. The Kier molecular flexibility index (Phi) is 9.86. The highest BCUT2D eigenvalue weighted by Crippen LogP contribution is 2.20. The molecule has 3 rings (SSSR count). The summed E-state index contributed by atoms with van der Waals surface area (Å²) in [4.78, 5) is 9.52. The number of aliphatic imine (C=N–C) groups is 1. The number of guanidine groups is 1. The van der Waals surface area contributed by atoms with E-state index in [1.54, 1.807) is 0 Å². The van der Waals surface area contributed by atoms with Crippen molar-refractivity contribution < 1.29 is 4.74 Å². The first kappa shape index (κ1) is 22.4. The van der Waals surface area contributed by atoms with Gasteiger partial charge in [-0.1, -0.05) is 30.3 Å². The molecule has 6 heteroatoms. The summed E-state index contributed by atoms with van der Waals surface area (Å²) in [7, 11) is 1.90. The topological polar surface area (TPSA) is 40.1 Å². The van der Waals surface area contributed by atoms with Crippen LogP contribution in [0.2, 0.25) is 0 Å². The van der Waals surface area contributed by atoms with Gasteiger partial charge in [0.1, 0.15) is 0 Å². The Hall–Kier alpha value is -0.860. The van der Waals surface area contributed by atoms with Crippen LogP contribution in [-0.2, 0) is 11.3 Å². The van der Waals surface area contributed by atoms with Crippen molar-refractivity contribution in [1.82, 2.24) is 15.1 Å². The third-order valence-corrected chi connectivity index (χ3v) is 5.58. The van der Waals surface area contributed by atoms with E-state index in [-0.39, 0.29) is 24.0 Å². The Morgan fingerprint density at radius 1 is 1.22 bits per heavy atom. The monoisotopic (exact) mass is 486 g/mol. The van der Waals surface area contributed by atoms with Crippen LogP contribution in [0, 0.1) is 5.92 Å². The van der Waals surface area contributed by atoms with Crippen LogP contribution in [0.25, 0.3) is 0 Å². The van der Waals surface area contributed by atoms with Gasteiger partial charge in [-0.25, -0.2) is 0 Å². The van der Waals surface area contributed by atoms with Crippen molar-refractivity contribution >= 4 is 29.9 Å². The molecule has 2 heterocycles. The molecule has 2 atom stereocenters. The van der Waals surface area contributed by atoms with Crippen LogP contribution in [-0.4, -0.2) is 68.2 Å². The lowest BCUT2D eigenvalue weighted by Crippen LogP contribution is -2.46. The molecule has 0 bridgehead atoms. The third-order valence-electron chi connectivity index (χ3n) is 5.58. The van der Waals surface area contributed by atoms with Gasteiger partial charge < -0.3 is 15.0 Å². The summed E-state index contributed by atoms with van der Waals surface area (Å²) < 4.78 is 5.60. The van der Waals surface area contributed by atoms with Crippen LogP contribution in [0.1, 0.15) is 31.7 Å². The molecule has 2 aliphatic heterocycles. The first-order valence-corrected chi connectivity index (χ1v) is 10.1. The number of hydrogen-bond donors (Lipinski definition) is 1. The molecule has 1 aromatic carbocycles. The van der Waals surface area contributed by atoms with E-state index in [1.807, 2.05) is 7.05 Å². The number of ether oxygens (including phenoxy) is 1. The summed E-state index contributed by atoms with van der Waals surface area (Å²) >= 11 is 0. The molecular formula is C21H35IN4O. The van der Waals surface area contributed by atoms with E-state index < -0.39 is 0 Å². The number of halogens is 1.